The number of carbonyl (C=O) groups excluding carboxylic acids is 7. The highest BCUT2D eigenvalue weighted by atomic mass is 16.6. The summed E-state index contributed by atoms with van der Waals surface area (Å²) in [5.74, 6) is -3.14. The monoisotopic (exact) mass is 768 g/mol. The van der Waals surface area contributed by atoms with E-state index in [0.717, 1.165) is 5.56 Å². The SMILES string of the molecule is CC(C)(C)OC(=O)NCCCC[C@H](NC(=O)[C@H](CCC(=O)NCCNC(=O)OC(C)(C)C)NC(=O)OCc1ccccc1)C(=O)C(=O)NCc1ccccc1. The number of alkyl carbamates (subject to hydrolysis) is 3. The summed E-state index contributed by atoms with van der Waals surface area (Å²) < 4.78 is 15.7. The molecule has 0 saturated heterocycles. The first-order valence-corrected chi connectivity index (χ1v) is 18.3. The average Bonchev–Trinajstić information content (AvgIpc) is 3.11. The van der Waals surface area contributed by atoms with Gasteiger partial charge in [0.05, 0.1) is 6.04 Å². The number of hydrogen-bond donors (Lipinski definition) is 6. The van der Waals surface area contributed by atoms with Crippen LogP contribution in [0.25, 0.3) is 0 Å². The van der Waals surface area contributed by atoms with Gasteiger partial charge in [-0.3, -0.25) is 19.2 Å². The molecule has 16 heteroatoms. The minimum Gasteiger partial charge on any atom is -0.445 e. The summed E-state index contributed by atoms with van der Waals surface area (Å²) in [7, 11) is 0. The quantitative estimate of drug-likeness (QED) is 0.0651. The van der Waals surface area contributed by atoms with Gasteiger partial charge in [0.25, 0.3) is 5.91 Å². The van der Waals surface area contributed by atoms with Crippen LogP contribution in [0.1, 0.15) is 84.8 Å². The van der Waals surface area contributed by atoms with E-state index in [1.54, 1.807) is 96.1 Å². The van der Waals surface area contributed by atoms with Crippen molar-refractivity contribution in [2.24, 2.45) is 0 Å². The summed E-state index contributed by atoms with van der Waals surface area (Å²) in [6.45, 7) is 10.7. The van der Waals surface area contributed by atoms with Gasteiger partial charge in [0, 0.05) is 32.6 Å². The number of ketones is 1. The van der Waals surface area contributed by atoms with Crippen molar-refractivity contribution in [2.45, 2.75) is 110 Å². The zero-order valence-electron chi connectivity index (χ0n) is 32.6. The highest BCUT2D eigenvalue weighted by Gasteiger charge is 2.31. The van der Waals surface area contributed by atoms with Gasteiger partial charge in [0.1, 0.15) is 23.9 Å². The third-order valence-corrected chi connectivity index (χ3v) is 7.34. The van der Waals surface area contributed by atoms with Crippen molar-refractivity contribution in [1.82, 2.24) is 31.9 Å². The van der Waals surface area contributed by atoms with Gasteiger partial charge in [0.15, 0.2) is 0 Å². The first kappa shape index (κ1) is 45.5. The fourth-order valence-corrected chi connectivity index (χ4v) is 4.76. The maximum atomic E-state index is 13.7. The Bertz CT molecular complexity index is 1560. The van der Waals surface area contributed by atoms with Crippen LogP contribution in [-0.4, -0.2) is 84.7 Å². The molecule has 0 unspecified atom stereocenters. The maximum absolute atomic E-state index is 13.7. The maximum Gasteiger partial charge on any atom is 0.408 e. The number of rotatable bonds is 20. The van der Waals surface area contributed by atoms with Crippen LogP contribution in [0.15, 0.2) is 60.7 Å². The molecule has 0 aliphatic carbocycles. The number of nitrogens with one attached hydrogen (secondary N) is 6. The van der Waals surface area contributed by atoms with Crippen molar-refractivity contribution in [3.8, 4) is 0 Å². The zero-order chi connectivity index (χ0) is 40.9. The number of benzene rings is 2. The Hall–Kier alpha value is -5.67. The van der Waals surface area contributed by atoms with Crippen molar-refractivity contribution in [3.63, 3.8) is 0 Å². The molecule has 6 amide bonds. The third-order valence-electron chi connectivity index (χ3n) is 7.34. The van der Waals surface area contributed by atoms with E-state index in [2.05, 4.69) is 31.9 Å². The molecule has 0 heterocycles. The highest BCUT2D eigenvalue weighted by Crippen LogP contribution is 2.10. The number of amides is 6. The van der Waals surface area contributed by atoms with Crippen LogP contribution in [0.2, 0.25) is 0 Å². The molecule has 0 radical (unpaired) electrons. The van der Waals surface area contributed by atoms with E-state index in [1.165, 1.54) is 0 Å². The van der Waals surface area contributed by atoms with Gasteiger partial charge in [-0.1, -0.05) is 60.7 Å². The molecule has 2 atom stereocenters. The smallest absolute Gasteiger partial charge is 0.408 e. The van der Waals surface area contributed by atoms with Crippen molar-refractivity contribution >= 4 is 41.8 Å². The second kappa shape index (κ2) is 23.2. The summed E-state index contributed by atoms with van der Waals surface area (Å²) in [6, 6.07) is 15.2. The van der Waals surface area contributed by atoms with E-state index in [0.29, 0.717) is 18.4 Å². The molecule has 0 spiro atoms. The highest BCUT2D eigenvalue weighted by molar-refractivity contribution is 6.38. The molecule has 0 aromatic heterocycles. The molecular formula is C39H56N6O10. The molecule has 302 valence electrons. The number of carbonyl (C=O) groups is 7. The Balaban J connectivity index is 2.11. The lowest BCUT2D eigenvalue weighted by molar-refractivity contribution is -0.140. The van der Waals surface area contributed by atoms with E-state index >= 15 is 0 Å². The van der Waals surface area contributed by atoms with Crippen LogP contribution in [0, 0.1) is 0 Å². The van der Waals surface area contributed by atoms with Gasteiger partial charge < -0.3 is 46.1 Å². The standard InChI is InChI=1S/C39H56N6O10/c1-38(2,3)54-35(50)41-22-14-13-19-29(32(47)34(49)43-25-27-15-9-7-10-16-27)44-33(48)30(45-37(52)53-26-28-17-11-8-12-18-28)20-21-31(46)40-23-24-42-36(51)55-39(4,5)6/h7-12,15-18,29-30H,13-14,19-26H2,1-6H3,(H,40,46)(H,41,50)(H,42,51)(H,43,49)(H,44,48)(H,45,52)/t29-,30-/m0/s1. The van der Waals surface area contributed by atoms with Crippen molar-refractivity contribution < 1.29 is 47.8 Å². The van der Waals surface area contributed by atoms with Crippen LogP contribution in [0.4, 0.5) is 14.4 Å². The normalized spacial score (nSPS) is 12.2. The van der Waals surface area contributed by atoms with Gasteiger partial charge in [-0.15, -0.1) is 0 Å². The Morgan fingerprint density at radius 3 is 1.71 bits per heavy atom. The van der Waals surface area contributed by atoms with E-state index < -0.39 is 65.1 Å². The van der Waals surface area contributed by atoms with Crippen LogP contribution < -0.4 is 31.9 Å². The molecule has 2 aromatic rings. The summed E-state index contributed by atoms with van der Waals surface area (Å²) in [5, 5.41) is 15.4. The van der Waals surface area contributed by atoms with Crippen molar-refractivity contribution in [1.29, 1.82) is 0 Å². The van der Waals surface area contributed by atoms with Crippen LogP contribution >= 0.6 is 0 Å². The molecule has 2 aromatic carbocycles. The molecule has 0 saturated carbocycles. The summed E-state index contributed by atoms with van der Waals surface area (Å²) in [6.07, 6.45) is -1.89. The van der Waals surface area contributed by atoms with Crippen LogP contribution in [0.3, 0.4) is 0 Å². The minimum absolute atomic E-state index is 0.0234. The van der Waals surface area contributed by atoms with E-state index in [-0.39, 0.29) is 52.0 Å². The molecule has 2 rings (SSSR count). The molecule has 0 fully saturated rings. The summed E-state index contributed by atoms with van der Waals surface area (Å²) in [4.78, 5) is 89.6. The lowest BCUT2D eigenvalue weighted by atomic mass is 10.0. The Morgan fingerprint density at radius 2 is 1.13 bits per heavy atom. The first-order valence-electron chi connectivity index (χ1n) is 18.3. The Kier molecular flexibility index (Phi) is 19.2. The van der Waals surface area contributed by atoms with E-state index in [4.69, 9.17) is 14.2 Å². The molecule has 6 N–H and O–H groups in total. The van der Waals surface area contributed by atoms with Crippen molar-refractivity contribution in [2.75, 3.05) is 19.6 Å². The van der Waals surface area contributed by atoms with Gasteiger partial charge in [0.2, 0.25) is 17.6 Å². The lowest BCUT2D eigenvalue weighted by Crippen LogP contribution is -2.54. The second-order valence-electron chi connectivity index (χ2n) is 14.6. The third kappa shape index (κ3) is 21.0. The number of hydrogen-bond acceptors (Lipinski definition) is 10. The predicted octanol–water partition coefficient (Wildman–Crippen LogP) is 3.77. The lowest BCUT2D eigenvalue weighted by Gasteiger charge is -2.23. The molecule has 0 aliphatic heterocycles. The van der Waals surface area contributed by atoms with Crippen LogP contribution in [-0.2, 0) is 46.5 Å². The fraction of sp³-hybridized carbons (Fsp3) is 0.513. The summed E-state index contributed by atoms with van der Waals surface area (Å²) in [5.41, 5.74) is 0.0881. The summed E-state index contributed by atoms with van der Waals surface area (Å²) >= 11 is 0. The minimum atomic E-state index is -1.34. The second-order valence-corrected chi connectivity index (χ2v) is 14.6. The number of Topliss-reactive ketones (excluding diaryl/α,β-unsaturated/α-hetero) is 1. The predicted molar refractivity (Wildman–Crippen MR) is 203 cm³/mol. The van der Waals surface area contributed by atoms with Gasteiger partial charge in [-0.05, 0) is 78.4 Å². The van der Waals surface area contributed by atoms with Gasteiger partial charge in [-0.2, -0.15) is 0 Å². The zero-order valence-corrected chi connectivity index (χ0v) is 32.6. The molecule has 55 heavy (non-hydrogen) atoms. The fourth-order valence-electron chi connectivity index (χ4n) is 4.76. The van der Waals surface area contributed by atoms with E-state index in [1.807, 2.05) is 6.07 Å². The first-order chi connectivity index (χ1) is 25.9. The largest absolute Gasteiger partial charge is 0.445 e. The molecule has 0 aliphatic rings. The number of ether oxygens (including phenoxy) is 3. The van der Waals surface area contributed by atoms with Gasteiger partial charge in [-0.25, -0.2) is 14.4 Å². The Labute approximate surface area is 322 Å². The molecule has 16 nitrogen and oxygen atoms in total. The Morgan fingerprint density at radius 1 is 0.582 bits per heavy atom. The molecule has 0 bridgehead atoms. The van der Waals surface area contributed by atoms with Crippen LogP contribution in [0.5, 0.6) is 0 Å². The average molecular weight is 769 g/mol. The van der Waals surface area contributed by atoms with Crippen molar-refractivity contribution in [3.05, 3.63) is 71.8 Å². The topological polar surface area (TPSA) is 219 Å². The molecular weight excluding hydrogens is 712 g/mol. The van der Waals surface area contributed by atoms with Gasteiger partial charge >= 0.3 is 18.3 Å². The van der Waals surface area contributed by atoms with E-state index in [9.17, 15) is 33.6 Å². The number of unbranched alkanes of at least 4 members (excludes halogenated alkanes) is 1.